The van der Waals surface area contributed by atoms with Gasteiger partial charge in [0.2, 0.25) is 0 Å². The molecule has 0 fully saturated rings. The lowest BCUT2D eigenvalue weighted by molar-refractivity contribution is 1.04. The van der Waals surface area contributed by atoms with Crippen LogP contribution in [-0.2, 0) is 0 Å². The van der Waals surface area contributed by atoms with E-state index in [1.54, 1.807) is 6.07 Å². The summed E-state index contributed by atoms with van der Waals surface area (Å²) in [4.78, 5) is 4.61. The largest absolute Gasteiger partial charge is 0.381 e. The van der Waals surface area contributed by atoms with E-state index < -0.39 is 0 Å². The highest BCUT2D eigenvalue weighted by Gasteiger charge is 2.12. The Morgan fingerprint density at radius 3 is 2.57 bits per heavy atom. The maximum Gasteiger partial charge on any atom is 0.0668 e. The van der Waals surface area contributed by atoms with Crippen molar-refractivity contribution in [2.75, 3.05) is 18.4 Å². The fourth-order valence-electron chi connectivity index (χ4n) is 2.29. The van der Waals surface area contributed by atoms with Crippen molar-refractivity contribution in [2.24, 2.45) is 4.99 Å². The first-order valence-corrected chi connectivity index (χ1v) is 7.99. The lowest BCUT2D eigenvalue weighted by Crippen LogP contribution is -2.04. The zero-order valence-electron chi connectivity index (χ0n) is 12.0. The normalized spacial score (nSPS) is 13.6. The molecule has 1 N–H and O–H groups in total. The molecule has 1 aliphatic rings. The number of hydrogen-bond acceptors (Lipinski definition) is 2. The molecule has 0 saturated heterocycles. The fourth-order valence-corrected chi connectivity index (χ4v) is 2.84. The Kier molecular flexibility index (Phi) is 6.37. The molecule has 1 heterocycles. The number of nitrogens with zero attached hydrogens (tertiary/aromatic N) is 1. The number of hydrogen-bond donors (Lipinski definition) is 1. The zero-order chi connectivity index (χ0) is 15.5. The van der Waals surface area contributed by atoms with Gasteiger partial charge in [0.15, 0.2) is 0 Å². The van der Waals surface area contributed by atoms with Gasteiger partial charge in [0.25, 0.3) is 0 Å². The molecule has 2 aromatic rings. The van der Waals surface area contributed by atoms with Crippen LogP contribution in [0.4, 0.5) is 5.69 Å². The second kappa shape index (κ2) is 8.07. The van der Waals surface area contributed by atoms with Crippen molar-refractivity contribution in [2.45, 2.75) is 0 Å². The highest BCUT2D eigenvalue weighted by atomic mass is 35.5. The van der Waals surface area contributed by atoms with Crippen LogP contribution in [0.1, 0.15) is 11.1 Å². The van der Waals surface area contributed by atoms with Gasteiger partial charge in [-0.05, 0) is 29.8 Å². The summed E-state index contributed by atoms with van der Waals surface area (Å²) < 4.78 is 0. The van der Waals surface area contributed by atoms with Crippen molar-refractivity contribution in [3.8, 4) is 0 Å². The van der Waals surface area contributed by atoms with E-state index >= 15 is 0 Å². The molecule has 2 aromatic carbocycles. The van der Waals surface area contributed by atoms with Crippen molar-refractivity contribution < 1.29 is 0 Å². The number of anilines is 1. The highest BCUT2D eigenvalue weighted by molar-refractivity contribution is 6.42. The Balaban J connectivity index is 0.00000192. The Morgan fingerprint density at radius 2 is 1.78 bits per heavy atom. The van der Waals surface area contributed by atoms with Gasteiger partial charge >= 0.3 is 0 Å². The number of aliphatic imine (C=N–C) groups is 1. The third-order valence-electron chi connectivity index (χ3n) is 3.36. The van der Waals surface area contributed by atoms with E-state index in [4.69, 9.17) is 34.8 Å². The Labute approximate surface area is 156 Å². The average Bonchev–Trinajstić information content (AvgIpc) is 2.72. The highest BCUT2D eigenvalue weighted by Crippen LogP contribution is 2.28. The van der Waals surface area contributed by atoms with E-state index in [1.165, 1.54) is 0 Å². The summed E-state index contributed by atoms with van der Waals surface area (Å²) in [5, 5.41) is 5.11. The molecule has 3 rings (SSSR count). The van der Waals surface area contributed by atoms with E-state index in [0.29, 0.717) is 21.6 Å². The molecule has 0 aliphatic carbocycles. The minimum atomic E-state index is 0. The summed E-state index contributed by atoms with van der Waals surface area (Å²) in [6.45, 7) is 1.47. The van der Waals surface area contributed by atoms with Crippen molar-refractivity contribution in [1.29, 1.82) is 0 Å². The third kappa shape index (κ3) is 4.21. The first-order valence-electron chi connectivity index (χ1n) is 6.85. The summed E-state index contributed by atoms with van der Waals surface area (Å²) in [6.07, 6.45) is 3.94. The van der Waals surface area contributed by atoms with Crippen molar-refractivity contribution in [3.05, 3.63) is 68.7 Å². The van der Waals surface area contributed by atoms with E-state index in [9.17, 15) is 0 Å². The van der Waals surface area contributed by atoms with Gasteiger partial charge in [-0.2, -0.15) is 0 Å². The number of benzodiazepines with no additional fused rings is 1. The molecule has 2 nitrogen and oxygen atoms in total. The van der Waals surface area contributed by atoms with Crippen LogP contribution >= 0.6 is 47.2 Å². The Morgan fingerprint density at radius 1 is 0.957 bits per heavy atom. The summed E-state index contributed by atoms with van der Waals surface area (Å²) in [5.74, 6) is 0. The van der Waals surface area contributed by atoms with Crippen LogP contribution in [0.25, 0.3) is 6.08 Å². The maximum absolute atomic E-state index is 6.26. The maximum atomic E-state index is 6.26. The van der Waals surface area contributed by atoms with Crippen LogP contribution in [0.5, 0.6) is 0 Å². The summed E-state index contributed by atoms with van der Waals surface area (Å²) >= 11 is 18.2. The number of allylic oxidation sites excluding steroid dienone is 1. The zero-order valence-corrected chi connectivity index (χ0v) is 15.1. The van der Waals surface area contributed by atoms with Crippen LogP contribution < -0.4 is 5.32 Å². The van der Waals surface area contributed by atoms with Crippen LogP contribution in [0.15, 0.2) is 47.5 Å². The molecule has 0 amide bonds. The first kappa shape index (κ1) is 18.2. The molecule has 0 atom stereocenters. The second-order valence-corrected chi connectivity index (χ2v) is 6.08. The van der Waals surface area contributed by atoms with Gasteiger partial charge in [-0.1, -0.05) is 59.1 Å². The van der Waals surface area contributed by atoms with Gasteiger partial charge in [0.05, 0.1) is 33.0 Å². The minimum Gasteiger partial charge on any atom is -0.381 e. The summed E-state index contributed by atoms with van der Waals surface area (Å²) in [7, 11) is 0. The van der Waals surface area contributed by atoms with E-state index in [-0.39, 0.29) is 12.4 Å². The molecule has 1 aliphatic heterocycles. The number of rotatable bonds is 2. The van der Waals surface area contributed by atoms with Crippen LogP contribution in [-0.4, -0.2) is 18.8 Å². The summed E-state index contributed by atoms with van der Waals surface area (Å²) in [6, 6.07) is 11.3. The van der Waals surface area contributed by atoms with E-state index in [2.05, 4.69) is 10.3 Å². The minimum absolute atomic E-state index is 0. The van der Waals surface area contributed by atoms with Crippen molar-refractivity contribution >= 4 is 64.7 Å². The smallest absolute Gasteiger partial charge is 0.0668 e. The van der Waals surface area contributed by atoms with Crippen LogP contribution in [0.3, 0.4) is 0 Å². The van der Waals surface area contributed by atoms with Crippen LogP contribution in [0, 0.1) is 0 Å². The topological polar surface area (TPSA) is 24.4 Å². The van der Waals surface area contributed by atoms with Gasteiger partial charge in [-0.25, -0.2) is 0 Å². The van der Waals surface area contributed by atoms with Gasteiger partial charge in [0, 0.05) is 12.1 Å². The fraction of sp³-hybridized carbons (Fsp3) is 0.118. The average molecular weight is 388 g/mol. The third-order valence-corrected chi connectivity index (χ3v) is 4.42. The molecule has 0 spiro atoms. The van der Waals surface area contributed by atoms with Gasteiger partial charge in [-0.15, -0.1) is 12.4 Å². The lowest BCUT2D eigenvalue weighted by atomic mass is 10.1. The lowest BCUT2D eigenvalue weighted by Gasteiger charge is -2.09. The van der Waals surface area contributed by atoms with Gasteiger partial charge < -0.3 is 5.32 Å². The SMILES string of the molecule is Cl.Clc1ccc(/C=C/C2=NCCNc3c(Cl)cccc32)cc1Cl. The quantitative estimate of drug-likeness (QED) is 0.671. The van der Waals surface area contributed by atoms with E-state index in [1.807, 2.05) is 42.5 Å². The summed E-state index contributed by atoms with van der Waals surface area (Å²) in [5.41, 5.74) is 3.80. The molecular weight excluding hydrogens is 374 g/mol. The standard InChI is InChI=1S/C17H13Cl3N2.ClH/c18-13-6-4-11(10-15(13)20)5-7-16-12-2-1-3-14(19)17(12)22-9-8-21-16;/h1-7,10,22H,8-9H2;1H/b7-5+;. The Bertz CT molecular complexity index is 769. The molecule has 0 radical (unpaired) electrons. The van der Waals surface area contributed by atoms with Gasteiger partial charge in [-0.3, -0.25) is 4.99 Å². The molecule has 0 bridgehead atoms. The molecule has 6 heteroatoms. The molecule has 120 valence electrons. The van der Waals surface area contributed by atoms with Crippen molar-refractivity contribution in [3.63, 3.8) is 0 Å². The van der Waals surface area contributed by atoms with Gasteiger partial charge in [0.1, 0.15) is 0 Å². The number of nitrogens with one attached hydrogen (secondary N) is 1. The molecule has 0 saturated carbocycles. The Hall–Kier alpha value is -1.19. The molecule has 0 aromatic heterocycles. The molecular formula is C17H14Cl4N2. The monoisotopic (exact) mass is 386 g/mol. The number of benzene rings is 2. The van der Waals surface area contributed by atoms with Crippen LogP contribution in [0.2, 0.25) is 15.1 Å². The predicted molar refractivity (Wildman–Crippen MR) is 104 cm³/mol. The number of halogens is 4. The predicted octanol–water partition coefficient (Wildman–Crippen LogP) is 6.00. The molecule has 0 unspecified atom stereocenters. The number of fused-ring (bicyclic) bond motifs is 1. The van der Waals surface area contributed by atoms with Crippen molar-refractivity contribution in [1.82, 2.24) is 0 Å². The molecule has 23 heavy (non-hydrogen) atoms. The second-order valence-electron chi connectivity index (χ2n) is 4.86. The number of para-hydroxylation sites is 1. The van der Waals surface area contributed by atoms with E-state index in [0.717, 1.165) is 29.1 Å². The first-order chi connectivity index (χ1) is 10.6.